The van der Waals surface area contributed by atoms with Gasteiger partial charge < -0.3 is 10.1 Å². The van der Waals surface area contributed by atoms with Crippen molar-refractivity contribution in [2.45, 2.75) is 30.2 Å². The van der Waals surface area contributed by atoms with Gasteiger partial charge in [0, 0.05) is 20.1 Å². The summed E-state index contributed by atoms with van der Waals surface area (Å²) in [5.74, 6) is -0.326. The Morgan fingerprint density at radius 1 is 1.53 bits per heavy atom. The third kappa shape index (κ3) is 3.93. The summed E-state index contributed by atoms with van der Waals surface area (Å²) in [6, 6.07) is 0. The molecule has 2 N–H and O–H groups in total. The van der Waals surface area contributed by atoms with Crippen molar-refractivity contribution in [2.75, 3.05) is 18.5 Å². The Labute approximate surface area is 114 Å². The fourth-order valence-corrected chi connectivity index (χ4v) is 3.64. The first-order valence-corrected chi connectivity index (χ1v) is 8.00. The largest absolute Gasteiger partial charge is 0.377 e. The first-order chi connectivity index (χ1) is 8.97. The molecule has 1 aliphatic heterocycles. The van der Waals surface area contributed by atoms with Crippen molar-refractivity contribution in [2.24, 2.45) is 0 Å². The van der Waals surface area contributed by atoms with Gasteiger partial charge in [0.1, 0.15) is 0 Å². The maximum Gasteiger partial charge on any atom is 0.269 e. The number of ether oxygens (including phenoxy) is 1. The summed E-state index contributed by atoms with van der Waals surface area (Å²) in [6.07, 6.45) is 1.70. The molecular formula is C9H14N4O4S2. The molecule has 1 aromatic rings. The van der Waals surface area contributed by atoms with Crippen LogP contribution in [0.25, 0.3) is 0 Å². The predicted octanol–water partition coefficient (Wildman–Crippen LogP) is -0.0462. The molecule has 2 rings (SSSR count). The molecule has 1 amide bonds. The van der Waals surface area contributed by atoms with E-state index in [1.54, 1.807) is 0 Å². The van der Waals surface area contributed by atoms with E-state index in [1.165, 1.54) is 6.92 Å². The van der Waals surface area contributed by atoms with Gasteiger partial charge in [0.15, 0.2) is 0 Å². The zero-order valence-corrected chi connectivity index (χ0v) is 11.9. The highest BCUT2D eigenvalue weighted by Crippen LogP contribution is 2.20. The number of carbonyl (C=O) groups excluding carboxylic acids is 1. The van der Waals surface area contributed by atoms with Crippen molar-refractivity contribution < 1.29 is 17.9 Å². The second-order valence-electron chi connectivity index (χ2n) is 4.04. The third-order valence-corrected chi connectivity index (χ3v) is 5.07. The average Bonchev–Trinajstić information content (AvgIpc) is 2.96. The van der Waals surface area contributed by atoms with Crippen LogP contribution in [0.2, 0.25) is 0 Å². The van der Waals surface area contributed by atoms with Crippen molar-refractivity contribution in [3.63, 3.8) is 0 Å². The highest BCUT2D eigenvalue weighted by atomic mass is 32.2. The molecule has 0 aliphatic carbocycles. The number of amides is 1. The molecule has 1 saturated heterocycles. The fraction of sp³-hybridized carbons (Fsp3) is 0.667. The van der Waals surface area contributed by atoms with E-state index in [1.807, 2.05) is 0 Å². The summed E-state index contributed by atoms with van der Waals surface area (Å²) in [7, 11) is -3.70. The van der Waals surface area contributed by atoms with Crippen molar-refractivity contribution >= 4 is 32.4 Å². The maximum absolute atomic E-state index is 11.9. The number of nitrogens with zero attached hydrogens (tertiary/aromatic N) is 2. The van der Waals surface area contributed by atoms with Gasteiger partial charge in [0.2, 0.25) is 15.4 Å². The van der Waals surface area contributed by atoms with Crippen LogP contribution in [-0.2, 0) is 19.6 Å². The van der Waals surface area contributed by atoms with E-state index in [0.29, 0.717) is 6.61 Å². The molecule has 0 aromatic carbocycles. The monoisotopic (exact) mass is 306 g/mol. The molecular weight excluding hydrogens is 292 g/mol. The molecule has 8 nitrogen and oxygen atoms in total. The van der Waals surface area contributed by atoms with Crippen molar-refractivity contribution in [3.8, 4) is 0 Å². The molecule has 0 spiro atoms. The molecule has 1 atom stereocenters. The SMILES string of the molecule is CC(=O)Nc1nnc(S(=O)(=O)NCC2CCCO2)s1. The van der Waals surface area contributed by atoms with Crippen molar-refractivity contribution in [1.29, 1.82) is 0 Å². The highest BCUT2D eigenvalue weighted by molar-refractivity contribution is 7.91. The van der Waals surface area contributed by atoms with E-state index in [4.69, 9.17) is 4.74 Å². The zero-order chi connectivity index (χ0) is 13.9. The molecule has 1 unspecified atom stereocenters. The number of aromatic nitrogens is 2. The molecule has 1 aliphatic rings. The maximum atomic E-state index is 11.9. The minimum absolute atomic E-state index is 0.0856. The molecule has 0 saturated carbocycles. The summed E-state index contributed by atoms with van der Waals surface area (Å²) in [4.78, 5) is 10.8. The van der Waals surface area contributed by atoms with Gasteiger partial charge in [0.25, 0.3) is 10.0 Å². The van der Waals surface area contributed by atoms with Crippen LogP contribution in [0.3, 0.4) is 0 Å². The summed E-state index contributed by atoms with van der Waals surface area (Å²) in [5.41, 5.74) is 0. The molecule has 0 radical (unpaired) electrons. The summed E-state index contributed by atoms with van der Waals surface area (Å²) in [5, 5.41) is 9.68. The topological polar surface area (TPSA) is 110 Å². The number of sulfonamides is 1. The van der Waals surface area contributed by atoms with Crippen LogP contribution in [-0.4, -0.2) is 43.8 Å². The van der Waals surface area contributed by atoms with E-state index < -0.39 is 10.0 Å². The lowest BCUT2D eigenvalue weighted by molar-refractivity contribution is -0.114. The number of carbonyl (C=O) groups is 1. The van der Waals surface area contributed by atoms with Crippen molar-refractivity contribution in [1.82, 2.24) is 14.9 Å². The lowest BCUT2D eigenvalue weighted by atomic mass is 10.2. The number of rotatable bonds is 5. The lowest BCUT2D eigenvalue weighted by Gasteiger charge is -2.09. The first-order valence-electron chi connectivity index (χ1n) is 5.70. The summed E-state index contributed by atoms with van der Waals surface area (Å²) < 4.78 is 31.4. The molecule has 2 heterocycles. The van der Waals surface area contributed by atoms with Crippen LogP contribution < -0.4 is 10.0 Å². The van der Waals surface area contributed by atoms with E-state index in [-0.39, 0.29) is 28.0 Å². The van der Waals surface area contributed by atoms with E-state index in [0.717, 1.165) is 24.2 Å². The minimum Gasteiger partial charge on any atom is -0.377 e. The van der Waals surface area contributed by atoms with Crippen molar-refractivity contribution in [3.05, 3.63) is 0 Å². The lowest BCUT2D eigenvalue weighted by Crippen LogP contribution is -2.31. The summed E-state index contributed by atoms with van der Waals surface area (Å²) in [6.45, 7) is 2.19. The van der Waals surface area contributed by atoms with Crippen LogP contribution in [0, 0.1) is 0 Å². The molecule has 19 heavy (non-hydrogen) atoms. The predicted molar refractivity (Wildman–Crippen MR) is 68.4 cm³/mol. The summed E-state index contributed by atoms with van der Waals surface area (Å²) >= 11 is 0.805. The molecule has 0 bridgehead atoms. The Morgan fingerprint density at radius 3 is 2.95 bits per heavy atom. The molecule has 1 fully saturated rings. The third-order valence-electron chi connectivity index (χ3n) is 2.44. The van der Waals surface area contributed by atoms with Crippen LogP contribution >= 0.6 is 11.3 Å². The average molecular weight is 306 g/mol. The van der Waals surface area contributed by atoms with Gasteiger partial charge in [-0.1, -0.05) is 11.3 Å². The second-order valence-corrected chi connectivity index (χ2v) is 6.96. The first kappa shape index (κ1) is 14.3. The zero-order valence-electron chi connectivity index (χ0n) is 10.2. The Morgan fingerprint density at radius 2 is 2.32 bits per heavy atom. The van der Waals surface area contributed by atoms with Gasteiger partial charge in [-0.15, -0.1) is 10.2 Å². The van der Waals surface area contributed by atoms with Gasteiger partial charge in [-0.05, 0) is 12.8 Å². The van der Waals surface area contributed by atoms with E-state index >= 15 is 0 Å². The Kier molecular flexibility index (Phi) is 4.45. The molecule has 1 aromatic heterocycles. The van der Waals surface area contributed by atoms with Crippen LogP contribution in [0.4, 0.5) is 5.13 Å². The minimum atomic E-state index is -3.70. The highest BCUT2D eigenvalue weighted by Gasteiger charge is 2.23. The van der Waals surface area contributed by atoms with E-state index in [2.05, 4.69) is 20.2 Å². The van der Waals surface area contributed by atoms with Gasteiger partial charge >= 0.3 is 0 Å². The van der Waals surface area contributed by atoms with Crippen LogP contribution in [0.15, 0.2) is 4.34 Å². The molecule has 10 heteroatoms. The van der Waals surface area contributed by atoms with Gasteiger partial charge in [0.05, 0.1) is 6.10 Å². The van der Waals surface area contributed by atoms with Gasteiger partial charge in [-0.2, -0.15) is 0 Å². The van der Waals surface area contributed by atoms with Crippen LogP contribution in [0.5, 0.6) is 0 Å². The van der Waals surface area contributed by atoms with Crippen LogP contribution in [0.1, 0.15) is 19.8 Å². The standard InChI is InChI=1S/C9H14N4O4S2/c1-6(14)11-8-12-13-9(18-8)19(15,16)10-5-7-3-2-4-17-7/h7,10H,2-5H2,1H3,(H,11,12,14). The fourth-order valence-electron chi connectivity index (χ4n) is 1.59. The van der Waals surface area contributed by atoms with Gasteiger partial charge in [-0.25, -0.2) is 13.1 Å². The van der Waals surface area contributed by atoms with E-state index in [9.17, 15) is 13.2 Å². The Hall–Kier alpha value is -1.10. The number of anilines is 1. The smallest absolute Gasteiger partial charge is 0.269 e. The second kappa shape index (κ2) is 5.90. The van der Waals surface area contributed by atoms with Gasteiger partial charge in [-0.3, -0.25) is 4.79 Å². The number of nitrogens with one attached hydrogen (secondary N) is 2. The number of hydrogen-bond acceptors (Lipinski definition) is 7. The molecule has 106 valence electrons. The Balaban J connectivity index is 1.98. The quantitative estimate of drug-likeness (QED) is 0.738. The Bertz CT molecular complexity index is 550. The normalized spacial score (nSPS) is 19.5. The number of hydrogen-bond donors (Lipinski definition) is 2.